The normalized spacial score (nSPS) is 11.0. The number of halogens is 1. The van der Waals surface area contributed by atoms with Crippen LogP contribution in [-0.4, -0.2) is 11.8 Å². The Morgan fingerprint density at radius 1 is 1.04 bits per heavy atom. The lowest BCUT2D eigenvalue weighted by molar-refractivity contribution is -0.123. The Balaban J connectivity index is 2.02. The molecule has 0 unspecified atom stereocenters. The molecule has 0 aliphatic heterocycles. The highest BCUT2D eigenvalue weighted by Crippen LogP contribution is 2.18. The van der Waals surface area contributed by atoms with Gasteiger partial charge in [-0.1, -0.05) is 39.0 Å². The number of hydrogen-bond acceptors (Lipinski definition) is 2. The zero-order chi connectivity index (χ0) is 17.7. The number of rotatable bonds is 4. The van der Waals surface area contributed by atoms with Gasteiger partial charge < -0.3 is 10.6 Å². The summed E-state index contributed by atoms with van der Waals surface area (Å²) in [5, 5.41) is 5.52. The quantitative estimate of drug-likeness (QED) is 0.898. The number of carbonyl (C=O) groups is 2. The molecule has 2 aromatic rings. The lowest BCUT2D eigenvalue weighted by atomic mass is 9.95. The SMILES string of the molecule is CC(C)(C)C(=O)Nc1cccc(C(=O)NCc2cccc(F)c2)c1. The van der Waals surface area contributed by atoms with Gasteiger partial charge in [-0.05, 0) is 35.9 Å². The van der Waals surface area contributed by atoms with Crippen molar-refractivity contribution in [1.29, 1.82) is 0 Å². The van der Waals surface area contributed by atoms with Crippen LogP contribution in [0.4, 0.5) is 10.1 Å². The first kappa shape index (κ1) is 17.7. The van der Waals surface area contributed by atoms with E-state index in [2.05, 4.69) is 10.6 Å². The van der Waals surface area contributed by atoms with Crippen LogP contribution < -0.4 is 10.6 Å². The Morgan fingerprint density at radius 2 is 1.75 bits per heavy atom. The fraction of sp³-hybridized carbons (Fsp3) is 0.263. The van der Waals surface area contributed by atoms with Gasteiger partial charge >= 0.3 is 0 Å². The van der Waals surface area contributed by atoms with Crippen LogP contribution in [-0.2, 0) is 11.3 Å². The Labute approximate surface area is 141 Å². The maximum Gasteiger partial charge on any atom is 0.251 e. The summed E-state index contributed by atoms with van der Waals surface area (Å²) in [6.45, 7) is 5.68. The summed E-state index contributed by atoms with van der Waals surface area (Å²) in [5.41, 5.74) is 1.15. The monoisotopic (exact) mass is 328 g/mol. The highest BCUT2D eigenvalue weighted by molar-refractivity contribution is 5.98. The largest absolute Gasteiger partial charge is 0.348 e. The summed E-state index contributed by atoms with van der Waals surface area (Å²) in [6, 6.07) is 12.8. The molecule has 0 saturated carbocycles. The lowest BCUT2D eigenvalue weighted by Crippen LogP contribution is -2.28. The van der Waals surface area contributed by atoms with Gasteiger partial charge in [0, 0.05) is 23.2 Å². The molecule has 2 aromatic carbocycles. The summed E-state index contributed by atoms with van der Waals surface area (Å²) < 4.78 is 13.1. The first-order chi connectivity index (χ1) is 11.3. The van der Waals surface area contributed by atoms with E-state index < -0.39 is 5.41 Å². The predicted octanol–water partition coefficient (Wildman–Crippen LogP) is 3.74. The van der Waals surface area contributed by atoms with Crippen molar-refractivity contribution >= 4 is 17.5 Å². The van der Waals surface area contributed by atoms with Gasteiger partial charge in [-0.15, -0.1) is 0 Å². The molecule has 0 aliphatic rings. The zero-order valence-electron chi connectivity index (χ0n) is 14.0. The maximum atomic E-state index is 13.1. The summed E-state index contributed by atoms with van der Waals surface area (Å²) in [5.74, 6) is -0.750. The van der Waals surface area contributed by atoms with E-state index in [-0.39, 0.29) is 24.2 Å². The number of amides is 2. The molecule has 0 radical (unpaired) electrons. The van der Waals surface area contributed by atoms with Gasteiger partial charge in [0.25, 0.3) is 5.91 Å². The van der Waals surface area contributed by atoms with E-state index in [0.717, 1.165) is 0 Å². The standard InChI is InChI=1S/C19H21FN2O2/c1-19(2,3)18(24)22-16-9-5-7-14(11-16)17(23)21-12-13-6-4-8-15(20)10-13/h4-11H,12H2,1-3H3,(H,21,23)(H,22,24). The van der Waals surface area contributed by atoms with E-state index >= 15 is 0 Å². The van der Waals surface area contributed by atoms with E-state index in [4.69, 9.17) is 0 Å². The molecule has 0 heterocycles. The molecule has 2 amide bonds. The van der Waals surface area contributed by atoms with E-state index in [1.165, 1.54) is 12.1 Å². The van der Waals surface area contributed by atoms with Crippen LogP contribution in [0.25, 0.3) is 0 Å². The van der Waals surface area contributed by atoms with Gasteiger partial charge in [0.15, 0.2) is 0 Å². The van der Waals surface area contributed by atoms with Gasteiger partial charge in [-0.25, -0.2) is 4.39 Å². The minimum Gasteiger partial charge on any atom is -0.348 e. The molecule has 2 rings (SSSR count). The van der Waals surface area contributed by atoms with Crippen LogP contribution >= 0.6 is 0 Å². The molecule has 4 nitrogen and oxygen atoms in total. The van der Waals surface area contributed by atoms with Crippen molar-refractivity contribution in [1.82, 2.24) is 5.32 Å². The van der Waals surface area contributed by atoms with Crippen molar-refractivity contribution in [3.63, 3.8) is 0 Å². The van der Waals surface area contributed by atoms with Crippen molar-refractivity contribution in [2.45, 2.75) is 27.3 Å². The van der Waals surface area contributed by atoms with E-state index in [0.29, 0.717) is 16.8 Å². The smallest absolute Gasteiger partial charge is 0.251 e. The van der Waals surface area contributed by atoms with Crippen LogP contribution in [0.15, 0.2) is 48.5 Å². The second-order valence-electron chi connectivity index (χ2n) is 6.60. The van der Waals surface area contributed by atoms with Crippen LogP contribution in [0.1, 0.15) is 36.7 Å². The zero-order valence-corrected chi connectivity index (χ0v) is 14.0. The van der Waals surface area contributed by atoms with E-state index in [1.54, 1.807) is 36.4 Å². The number of carbonyl (C=O) groups excluding carboxylic acids is 2. The fourth-order valence-electron chi connectivity index (χ4n) is 1.99. The molecule has 5 heteroatoms. The maximum absolute atomic E-state index is 13.1. The predicted molar refractivity (Wildman–Crippen MR) is 92.1 cm³/mol. The van der Waals surface area contributed by atoms with Crippen molar-refractivity contribution in [2.75, 3.05) is 5.32 Å². The molecule has 126 valence electrons. The topological polar surface area (TPSA) is 58.2 Å². The van der Waals surface area contributed by atoms with E-state index in [1.807, 2.05) is 20.8 Å². The van der Waals surface area contributed by atoms with Crippen LogP contribution in [0.2, 0.25) is 0 Å². The molecule has 0 spiro atoms. The number of benzene rings is 2. The number of anilines is 1. The minimum absolute atomic E-state index is 0.125. The number of nitrogens with one attached hydrogen (secondary N) is 2. The Kier molecular flexibility index (Phi) is 5.34. The van der Waals surface area contributed by atoms with Crippen molar-refractivity contribution in [3.8, 4) is 0 Å². The first-order valence-electron chi connectivity index (χ1n) is 7.70. The third-order valence-electron chi connectivity index (χ3n) is 3.41. The van der Waals surface area contributed by atoms with Crippen LogP contribution in [0.5, 0.6) is 0 Å². The summed E-state index contributed by atoms with van der Waals surface area (Å²) in [7, 11) is 0. The molecule has 0 aromatic heterocycles. The van der Waals surface area contributed by atoms with Crippen molar-refractivity contribution < 1.29 is 14.0 Å². The highest BCUT2D eigenvalue weighted by atomic mass is 19.1. The second kappa shape index (κ2) is 7.25. The Bertz CT molecular complexity index is 751. The van der Waals surface area contributed by atoms with Crippen molar-refractivity contribution in [3.05, 3.63) is 65.5 Å². The molecule has 0 fully saturated rings. The first-order valence-corrected chi connectivity index (χ1v) is 7.70. The fourth-order valence-corrected chi connectivity index (χ4v) is 1.99. The van der Waals surface area contributed by atoms with Gasteiger partial charge in [0.05, 0.1) is 0 Å². The molecule has 24 heavy (non-hydrogen) atoms. The summed E-state index contributed by atoms with van der Waals surface area (Å²) >= 11 is 0. The van der Waals surface area contributed by atoms with Gasteiger partial charge in [-0.2, -0.15) is 0 Å². The Morgan fingerprint density at radius 3 is 2.42 bits per heavy atom. The molecular formula is C19H21FN2O2. The van der Waals surface area contributed by atoms with Gasteiger partial charge in [0.1, 0.15) is 5.82 Å². The van der Waals surface area contributed by atoms with Crippen molar-refractivity contribution in [2.24, 2.45) is 5.41 Å². The number of hydrogen-bond donors (Lipinski definition) is 2. The summed E-state index contributed by atoms with van der Waals surface area (Å²) in [4.78, 5) is 24.2. The van der Waals surface area contributed by atoms with E-state index in [9.17, 15) is 14.0 Å². The Hall–Kier alpha value is -2.69. The molecule has 2 N–H and O–H groups in total. The molecule has 0 atom stereocenters. The lowest BCUT2D eigenvalue weighted by Gasteiger charge is -2.18. The van der Waals surface area contributed by atoms with Gasteiger partial charge in [-0.3, -0.25) is 9.59 Å². The molecular weight excluding hydrogens is 307 g/mol. The van der Waals surface area contributed by atoms with Crippen LogP contribution in [0.3, 0.4) is 0 Å². The third kappa shape index (κ3) is 4.91. The van der Waals surface area contributed by atoms with Crippen LogP contribution in [0, 0.1) is 11.2 Å². The minimum atomic E-state index is -0.518. The summed E-state index contributed by atoms with van der Waals surface area (Å²) in [6.07, 6.45) is 0. The molecule has 0 bridgehead atoms. The average molecular weight is 328 g/mol. The second-order valence-corrected chi connectivity index (χ2v) is 6.60. The molecule has 0 saturated heterocycles. The highest BCUT2D eigenvalue weighted by Gasteiger charge is 2.21. The average Bonchev–Trinajstić information content (AvgIpc) is 2.52. The molecule has 0 aliphatic carbocycles. The third-order valence-corrected chi connectivity index (χ3v) is 3.41. The van der Waals surface area contributed by atoms with Gasteiger partial charge in [0.2, 0.25) is 5.91 Å².